The molecule has 0 aliphatic carbocycles. The smallest absolute Gasteiger partial charge is 0.507 e. The van der Waals surface area contributed by atoms with Gasteiger partial charge in [-0.2, -0.15) is 0 Å². The molecule has 0 bridgehead atoms. The van der Waals surface area contributed by atoms with Crippen molar-refractivity contribution in [2.75, 3.05) is 6.54 Å². The zero-order chi connectivity index (χ0) is 23.3. The van der Waals surface area contributed by atoms with Gasteiger partial charge in [0.05, 0.1) is 17.1 Å². The van der Waals surface area contributed by atoms with Gasteiger partial charge >= 0.3 is 13.1 Å². The van der Waals surface area contributed by atoms with E-state index in [-0.39, 0.29) is 36.0 Å². The van der Waals surface area contributed by atoms with Gasteiger partial charge in [-0.1, -0.05) is 71.7 Å². The van der Waals surface area contributed by atoms with E-state index in [1.54, 1.807) is 30.3 Å². The number of nitrogens with one attached hydrogen (secondary N) is 1. The molecule has 1 saturated heterocycles. The van der Waals surface area contributed by atoms with Crippen LogP contribution < -0.4 is 5.32 Å². The number of hydrogen-bond acceptors (Lipinski definition) is 5. The van der Waals surface area contributed by atoms with Crippen LogP contribution in [0.5, 0.6) is 0 Å². The van der Waals surface area contributed by atoms with Gasteiger partial charge in [-0.05, 0) is 36.1 Å². The zero-order valence-corrected chi connectivity index (χ0v) is 20.2. The summed E-state index contributed by atoms with van der Waals surface area (Å²) in [6.45, 7) is 3.90. The molecule has 6 nitrogen and oxygen atoms in total. The second-order valence-corrected chi connectivity index (χ2v) is 9.49. The van der Waals surface area contributed by atoms with E-state index in [0.29, 0.717) is 21.5 Å². The first kappa shape index (κ1) is 24.5. The van der Waals surface area contributed by atoms with Crippen LogP contribution in [0.4, 0.5) is 0 Å². The van der Waals surface area contributed by atoms with Gasteiger partial charge in [-0.25, -0.2) is 0 Å². The van der Waals surface area contributed by atoms with E-state index < -0.39 is 25.1 Å². The highest BCUT2D eigenvalue weighted by atomic mass is 79.9. The van der Waals surface area contributed by atoms with Crippen molar-refractivity contribution in [3.8, 4) is 0 Å². The van der Waals surface area contributed by atoms with E-state index in [1.807, 2.05) is 32.0 Å². The standard InChI is InChI=1S/C23H24BBrClNO5/c1-14(2)10-16(24-31-21(23(30)32-24)15-6-4-3-5-7-15)11-18(28)13-27-22(29)19-12-17(25)8-9-20(19)26/h3-9,12,14,16,21H,10-11,13H2,1-2H3,(H,27,29)/t16-,21?/m1/s1. The molecule has 1 aliphatic rings. The molecular formula is C23H24BBrClNO5. The molecule has 1 amide bonds. The summed E-state index contributed by atoms with van der Waals surface area (Å²) in [5.41, 5.74) is 0.999. The van der Waals surface area contributed by atoms with Gasteiger partial charge < -0.3 is 14.6 Å². The molecule has 0 radical (unpaired) electrons. The zero-order valence-electron chi connectivity index (χ0n) is 17.8. The molecule has 9 heteroatoms. The Morgan fingerprint density at radius 2 is 1.91 bits per heavy atom. The maximum absolute atomic E-state index is 12.7. The van der Waals surface area contributed by atoms with Gasteiger partial charge in [0.25, 0.3) is 5.91 Å². The Bertz CT molecular complexity index is 988. The van der Waals surface area contributed by atoms with Gasteiger partial charge in [-0.3, -0.25) is 14.4 Å². The van der Waals surface area contributed by atoms with Crippen LogP contribution in [0.2, 0.25) is 10.8 Å². The lowest BCUT2D eigenvalue weighted by atomic mass is 9.65. The highest BCUT2D eigenvalue weighted by molar-refractivity contribution is 9.10. The Balaban J connectivity index is 1.61. The number of carbonyl (C=O) groups excluding carboxylic acids is 3. The predicted molar refractivity (Wildman–Crippen MR) is 126 cm³/mol. The fraction of sp³-hybridized carbons (Fsp3) is 0.348. The summed E-state index contributed by atoms with van der Waals surface area (Å²) in [6, 6.07) is 14.1. The normalized spacial score (nSPS) is 16.7. The number of rotatable bonds is 9. The van der Waals surface area contributed by atoms with Gasteiger partial charge in [0.1, 0.15) is 0 Å². The molecule has 0 aromatic heterocycles. The van der Waals surface area contributed by atoms with Gasteiger partial charge in [0.2, 0.25) is 0 Å². The lowest BCUT2D eigenvalue weighted by Crippen LogP contribution is -2.33. The van der Waals surface area contributed by atoms with E-state index in [2.05, 4.69) is 21.2 Å². The van der Waals surface area contributed by atoms with Gasteiger partial charge in [-0.15, -0.1) is 0 Å². The fourth-order valence-electron chi connectivity index (χ4n) is 3.65. The number of Topliss-reactive ketones (excluding diaryl/α,β-unsaturated/α-hetero) is 1. The average molecular weight is 521 g/mol. The Morgan fingerprint density at radius 1 is 1.19 bits per heavy atom. The summed E-state index contributed by atoms with van der Waals surface area (Å²) in [5.74, 6) is -1.12. The number of halogens is 2. The molecule has 1 N–H and O–H groups in total. The molecule has 3 rings (SSSR count). The van der Waals surface area contributed by atoms with Crippen LogP contribution in [0.1, 0.15) is 48.7 Å². The van der Waals surface area contributed by atoms with Crippen LogP contribution in [-0.2, 0) is 18.9 Å². The third-order valence-electron chi connectivity index (χ3n) is 5.09. The molecular weight excluding hydrogens is 496 g/mol. The quantitative estimate of drug-likeness (QED) is 0.470. The minimum absolute atomic E-state index is 0.115. The minimum atomic E-state index is -0.811. The van der Waals surface area contributed by atoms with Crippen LogP contribution in [0.15, 0.2) is 53.0 Å². The van der Waals surface area contributed by atoms with Crippen LogP contribution in [0, 0.1) is 5.92 Å². The lowest BCUT2D eigenvalue weighted by molar-refractivity contribution is -0.136. The number of carbonyl (C=O) groups is 3. The summed E-state index contributed by atoms with van der Waals surface area (Å²) >= 11 is 9.38. The highest BCUT2D eigenvalue weighted by Gasteiger charge is 2.46. The summed E-state index contributed by atoms with van der Waals surface area (Å²) < 4.78 is 12.1. The highest BCUT2D eigenvalue weighted by Crippen LogP contribution is 2.35. The second-order valence-electron chi connectivity index (χ2n) is 8.17. The van der Waals surface area contributed by atoms with Gasteiger partial charge in [0.15, 0.2) is 11.9 Å². The first-order chi connectivity index (χ1) is 15.2. The van der Waals surface area contributed by atoms with Crippen LogP contribution >= 0.6 is 27.5 Å². The summed E-state index contributed by atoms with van der Waals surface area (Å²) in [6.07, 6.45) is -0.0508. The first-order valence-electron chi connectivity index (χ1n) is 10.4. The molecule has 1 fully saturated rings. The monoisotopic (exact) mass is 519 g/mol. The molecule has 1 unspecified atom stereocenters. The Hall–Kier alpha value is -2.16. The summed E-state index contributed by atoms with van der Waals surface area (Å²) in [7, 11) is -0.811. The number of ketones is 1. The molecule has 2 atom stereocenters. The summed E-state index contributed by atoms with van der Waals surface area (Å²) in [4.78, 5) is 37.5. The minimum Gasteiger partial charge on any atom is -0.507 e. The van der Waals surface area contributed by atoms with E-state index in [9.17, 15) is 14.4 Å². The maximum atomic E-state index is 12.7. The molecule has 1 aliphatic heterocycles. The van der Waals surface area contributed by atoms with E-state index in [0.717, 1.165) is 0 Å². The number of benzene rings is 2. The van der Waals surface area contributed by atoms with Gasteiger partial charge in [0, 0.05) is 16.7 Å². The number of amides is 1. The Kier molecular flexibility index (Phi) is 8.51. The molecule has 32 heavy (non-hydrogen) atoms. The van der Waals surface area contributed by atoms with E-state index >= 15 is 0 Å². The van der Waals surface area contributed by atoms with Crippen LogP contribution in [0.3, 0.4) is 0 Å². The van der Waals surface area contributed by atoms with Crippen molar-refractivity contribution in [3.05, 3.63) is 69.2 Å². The predicted octanol–water partition coefficient (Wildman–Crippen LogP) is 5.01. The molecule has 0 spiro atoms. The number of hydrogen-bond donors (Lipinski definition) is 1. The van der Waals surface area contributed by atoms with Crippen molar-refractivity contribution in [1.29, 1.82) is 0 Å². The van der Waals surface area contributed by atoms with Crippen molar-refractivity contribution < 1.29 is 23.7 Å². The molecule has 2 aromatic rings. The largest absolute Gasteiger partial charge is 0.531 e. The topological polar surface area (TPSA) is 81.7 Å². The SMILES string of the molecule is CC(C)C[C@H](CC(=O)CNC(=O)c1cc(Br)ccc1Cl)B1OC(=O)C(c2ccccc2)O1. The van der Waals surface area contributed by atoms with Crippen molar-refractivity contribution in [1.82, 2.24) is 5.32 Å². The van der Waals surface area contributed by atoms with Crippen molar-refractivity contribution in [2.45, 2.75) is 38.6 Å². The van der Waals surface area contributed by atoms with E-state index in [4.69, 9.17) is 20.9 Å². The van der Waals surface area contributed by atoms with Crippen LogP contribution in [0.25, 0.3) is 0 Å². The third-order valence-corrected chi connectivity index (χ3v) is 5.91. The molecule has 0 saturated carbocycles. The lowest BCUT2D eigenvalue weighted by Gasteiger charge is -2.19. The molecule has 1 heterocycles. The Labute approximate surface area is 201 Å². The van der Waals surface area contributed by atoms with Crippen molar-refractivity contribution >= 4 is 52.3 Å². The van der Waals surface area contributed by atoms with Crippen molar-refractivity contribution in [2.24, 2.45) is 5.92 Å². The van der Waals surface area contributed by atoms with E-state index in [1.165, 1.54) is 0 Å². The maximum Gasteiger partial charge on any atom is 0.531 e. The molecule has 168 valence electrons. The summed E-state index contributed by atoms with van der Waals surface area (Å²) in [5, 5.41) is 2.92. The molecule has 2 aromatic carbocycles. The second kappa shape index (κ2) is 11.1. The average Bonchev–Trinajstić information content (AvgIpc) is 3.15. The third kappa shape index (κ3) is 6.43. The fourth-order valence-corrected chi connectivity index (χ4v) is 4.21. The van der Waals surface area contributed by atoms with Crippen molar-refractivity contribution in [3.63, 3.8) is 0 Å². The van der Waals surface area contributed by atoms with Crippen LogP contribution in [-0.4, -0.2) is 31.3 Å². The first-order valence-corrected chi connectivity index (χ1v) is 11.6. The Morgan fingerprint density at radius 3 is 2.59 bits per heavy atom.